The highest BCUT2D eigenvalue weighted by Crippen LogP contribution is 2.39. The molecular formula is C25H26N4O4. The number of aliphatic hydroxyl groups excluding tert-OH is 1. The standard InChI is InChI=1S/C25H26N4O4/c1-2-15-33-20-8-6-18(7-9-20)23(30)21-22(19-5-3-10-26-16-19)29(25(32)24(21)31)13-4-12-28-14-11-27-17-28/h3,5-11,14,16-17,22,30H,2,4,12-13,15H2,1H3/t22-/m0/s1. The van der Waals surface area contributed by atoms with Crippen molar-refractivity contribution in [2.45, 2.75) is 32.4 Å². The minimum absolute atomic E-state index is 0.0675. The molecule has 1 aromatic carbocycles. The maximum Gasteiger partial charge on any atom is 0.295 e. The van der Waals surface area contributed by atoms with Crippen molar-refractivity contribution < 1.29 is 19.4 Å². The first kappa shape index (κ1) is 22.3. The molecule has 170 valence electrons. The molecule has 0 bridgehead atoms. The van der Waals surface area contributed by atoms with Crippen LogP contribution in [-0.2, 0) is 16.1 Å². The normalized spacial score (nSPS) is 17.5. The predicted octanol–water partition coefficient (Wildman–Crippen LogP) is 3.58. The second-order valence-electron chi connectivity index (χ2n) is 7.81. The number of aromatic nitrogens is 3. The topological polar surface area (TPSA) is 97.6 Å². The van der Waals surface area contributed by atoms with Crippen molar-refractivity contribution in [1.29, 1.82) is 0 Å². The van der Waals surface area contributed by atoms with Gasteiger partial charge in [0.2, 0.25) is 0 Å². The fourth-order valence-electron chi connectivity index (χ4n) is 3.92. The smallest absolute Gasteiger partial charge is 0.295 e. The largest absolute Gasteiger partial charge is 0.507 e. The van der Waals surface area contributed by atoms with Gasteiger partial charge in [-0.05, 0) is 48.7 Å². The fourth-order valence-corrected chi connectivity index (χ4v) is 3.92. The average Bonchev–Trinajstić information content (AvgIpc) is 3.45. The lowest BCUT2D eigenvalue weighted by molar-refractivity contribution is -0.139. The average molecular weight is 447 g/mol. The first-order valence-electron chi connectivity index (χ1n) is 11.0. The highest BCUT2D eigenvalue weighted by Gasteiger charge is 2.45. The van der Waals surface area contributed by atoms with Crippen LogP contribution in [0.15, 0.2) is 73.1 Å². The molecule has 1 atom stereocenters. The minimum Gasteiger partial charge on any atom is -0.507 e. The summed E-state index contributed by atoms with van der Waals surface area (Å²) < 4.78 is 7.51. The Bertz CT molecular complexity index is 1120. The first-order chi connectivity index (χ1) is 16.1. The molecule has 4 rings (SSSR count). The monoisotopic (exact) mass is 446 g/mol. The summed E-state index contributed by atoms with van der Waals surface area (Å²) in [5.74, 6) is -0.854. The summed E-state index contributed by atoms with van der Waals surface area (Å²) in [6.07, 6.45) is 10.0. The summed E-state index contributed by atoms with van der Waals surface area (Å²) in [4.78, 5) is 35.7. The van der Waals surface area contributed by atoms with Crippen LogP contribution in [0.1, 0.15) is 36.9 Å². The van der Waals surface area contributed by atoms with E-state index in [0.717, 1.165) is 6.42 Å². The molecule has 8 nitrogen and oxygen atoms in total. The lowest BCUT2D eigenvalue weighted by Gasteiger charge is -2.25. The molecule has 1 fully saturated rings. The van der Waals surface area contributed by atoms with Gasteiger partial charge in [-0.2, -0.15) is 0 Å². The maximum absolute atomic E-state index is 13.0. The van der Waals surface area contributed by atoms with E-state index in [0.29, 0.717) is 43.0 Å². The highest BCUT2D eigenvalue weighted by molar-refractivity contribution is 6.46. The summed E-state index contributed by atoms with van der Waals surface area (Å²) in [6.45, 7) is 3.62. The SMILES string of the molecule is CCCOc1ccc(C(O)=C2C(=O)C(=O)N(CCCn3ccnc3)[C@H]2c2cccnc2)cc1. The van der Waals surface area contributed by atoms with Gasteiger partial charge in [0.25, 0.3) is 11.7 Å². The van der Waals surface area contributed by atoms with Crippen LogP contribution in [-0.4, -0.2) is 49.4 Å². The molecule has 3 heterocycles. The van der Waals surface area contributed by atoms with Gasteiger partial charge in [-0.3, -0.25) is 14.6 Å². The molecule has 3 aromatic rings. The van der Waals surface area contributed by atoms with Crippen LogP contribution in [0.4, 0.5) is 0 Å². The van der Waals surface area contributed by atoms with E-state index in [-0.39, 0.29) is 11.3 Å². The quantitative estimate of drug-likeness (QED) is 0.307. The summed E-state index contributed by atoms with van der Waals surface area (Å²) >= 11 is 0. The van der Waals surface area contributed by atoms with E-state index in [1.807, 2.05) is 17.7 Å². The Balaban J connectivity index is 1.66. The number of carbonyl (C=O) groups is 2. The van der Waals surface area contributed by atoms with Crippen LogP contribution in [0.25, 0.3) is 5.76 Å². The van der Waals surface area contributed by atoms with Crippen LogP contribution in [0, 0.1) is 0 Å². The van der Waals surface area contributed by atoms with Crippen LogP contribution in [0.5, 0.6) is 5.75 Å². The van der Waals surface area contributed by atoms with E-state index in [9.17, 15) is 14.7 Å². The zero-order valence-electron chi connectivity index (χ0n) is 18.4. The number of pyridine rings is 1. The van der Waals surface area contributed by atoms with Gasteiger partial charge >= 0.3 is 0 Å². The number of hydrogen-bond donors (Lipinski definition) is 1. The highest BCUT2D eigenvalue weighted by atomic mass is 16.5. The van der Waals surface area contributed by atoms with Crippen molar-refractivity contribution in [3.8, 4) is 5.75 Å². The lowest BCUT2D eigenvalue weighted by atomic mass is 9.96. The molecule has 0 radical (unpaired) electrons. The molecule has 1 aliphatic rings. The second kappa shape index (κ2) is 10.1. The number of ether oxygens (including phenoxy) is 1. The number of nitrogens with zero attached hydrogens (tertiary/aromatic N) is 4. The Morgan fingerprint density at radius 1 is 1.09 bits per heavy atom. The number of Topliss-reactive ketones (excluding diaryl/α,β-unsaturated/α-hetero) is 1. The Hall–Kier alpha value is -3.94. The van der Waals surface area contributed by atoms with Gasteiger partial charge in [0.15, 0.2) is 0 Å². The molecule has 0 aliphatic carbocycles. The van der Waals surface area contributed by atoms with E-state index in [1.54, 1.807) is 61.3 Å². The van der Waals surface area contributed by atoms with Gasteiger partial charge < -0.3 is 19.3 Å². The van der Waals surface area contributed by atoms with E-state index < -0.39 is 17.7 Å². The maximum atomic E-state index is 13.0. The van der Waals surface area contributed by atoms with Crippen LogP contribution < -0.4 is 4.74 Å². The van der Waals surface area contributed by atoms with Gasteiger partial charge in [0.05, 0.1) is 24.5 Å². The number of hydrogen-bond acceptors (Lipinski definition) is 6. The fraction of sp³-hybridized carbons (Fsp3) is 0.280. The zero-order chi connectivity index (χ0) is 23.2. The zero-order valence-corrected chi connectivity index (χ0v) is 18.4. The van der Waals surface area contributed by atoms with E-state index >= 15 is 0 Å². The molecule has 1 N–H and O–H groups in total. The van der Waals surface area contributed by atoms with Gasteiger partial charge in [0.1, 0.15) is 11.5 Å². The summed E-state index contributed by atoms with van der Waals surface area (Å²) in [6, 6.07) is 9.70. The van der Waals surface area contributed by atoms with Crippen LogP contribution >= 0.6 is 0 Å². The molecule has 0 unspecified atom stereocenters. The number of amides is 1. The Morgan fingerprint density at radius 3 is 2.58 bits per heavy atom. The van der Waals surface area contributed by atoms with Crippen LogP contribution in [0.3, 0.4) is 0 Å². The summed E-state index contributed by atoms with van der Waals surface area (Å²) in [7, 11) is 0. The number of aryl methyl sites for hydroxylation is 1. The Morgan fingerprint density at radius 2 is 1.91 bits per heavy atom. The van der Waals surface area contributed by atoms with E-state index in [1.165, 1.54) is 4.90 Å². The number of imidazole rings is 1. The third kappa shape index (κ3) is 4.79. The predicted molar refractivity (Wildman–Crippen MR) is 122 cm³/mol. The van der Waals surface area contributed by atoms with E-state index in [4.69, 9.17) is 4.74 Å². The minimum atomic E-state index is -0.711. The van der Waals surface area contributed by atoms with Crippen molar-refractivity contribution >= 4 is 17.4 Å². The number of aliphatic hydroxyl groups is 1. The van der Waals surface area contributed by atoms with Crippen molar-refractivity contribution in [1.82, 2.24) is 19.4 Å². The van der Waals surface area contributed by atoms with Gasteiger partial charge in [-0.15, -0.1) is 0 Å². The molecule has 33 heavy (non-hydrogen) atoms. The molecule has 1 amide bonds. The molecule has 0 saturated carbocycles. The number of benzene rings is 1. The Kier molecular flexibility index (Phi) is 6.83. The van der Waals surface area contributed by atoms with Crippen molar-refractivity contribution in [2.24, 2.45) is 0 Å². The third-order valence-corrected chi connectivity index (χ3v) is 5.52. The molecule has 1 saturated heterocycles. The van der Waals surface area contributed by atoms with Crippen LogP contribution in [0.2, 0.25) is 0 Å². The molecule has 8 heteroatoms. The number of ketones is 1. The first-order valence-corrected chi connectivity index (χ1v) is 11.0. The molecule has 0 spiro atoms. The van der Waals surface area contributed by atoms with Gasteiger partial charge in [-0.1, -0.05) is 13.0 Å². The second-order valence-corrected chi connectivity index (χ2v) is 7.81. The van der Waals surface area contributed by atoms with E-state index in [2.05, 4.69) is 9.97 Å². The Labute approximate surface area is 192 Å². The van der Waals surface area contributed by atoms with Gasteiger partial charge in [0, 0.05) is 43.4 Å². The summed E-state index contributed by atoms with van der Waals surface area (Å²) in [5, 5.41) is 11.1. The number of rotatable bonds is 9. The van der Waals surface area contributed by atoms with Crippen molar-refractivity contribution in [2.75, 3.05) is 13.2 Å². The van der Waals surface area contributed by atoms with Crippen molar-refractivity contribution in [3.05, 3.63) is 84.2 Å². The molecule has 2 aromatic heterocycles. The van der Waals surface area contributed by atoms with Crippen molar-refractivity contribution in [3.63, 3.8) is 0 Å². The number of likely N-dealkylation sites (tertiary alicyclic amines) is 1. The molecule has 1 aliphatic heterocycles. The van der Waals surface area contributed by atoms with Gasteiger partial charge in [-0.25, -0.2) is 4.98 Å². The summed E-state index contributed by atoms with van der Waals surface area (Å²) in [5.41, 5.74) is 1.19. The third-order valence-electron chi connectivity index (χ3n) is 5.52. The molecular weight excluding hydrogens is 420 g/mol. The lowest BCUT2D eigenvalue weighted by Crippen LogP contribution is -2.31. The number of carbonyl (C=O) groups excluding carboxylic acids is 2.